The summed E-state index contributed by atoms with van der Waals surface area (Å²) in [5, 5.41) is 3.09. The first-order valence-corrected chi connectivity index (χ1v) is 6.87. The number of nitrogens with two attached hydrogens (primary N) is 1. The molecule has 1 unspecified atom stereocenters. The molecule has 1 aromatic rings. The standard InChI is InChI=1S/C12H23N3OS/c1-9(2)16-6-5-15(4)7-11-8-17-12(14-11)10(3)13/h8-10H,5-7,13H2,1-4H3. The molecule has 1 aromatic heterocycles. The SMILES string of the molecule is CC(C)OCCN(C)Cc1csc(C(C)N)n1. The van der Waals surface area contributed by atoms with Crippen molar-refractivity contribution in [3.63, 3.8) is 0 Å². The van der Waals surface area contributed by atoms with Crippen molar-refractivity contribution in [1.82, 2.24) is 9.88 Å². The lowest BCUT2D eigenvalue weighted by atomic mass is 10.4. The Morgan fingerprint density at radius 1 is 1.47 bits per heavy atom. The lowest BCUT2D eigenvalue weighted by Crippen LogP contribution is -2.24. The largest absolute Gasteiger partial charge is 0.377 e. The third-order valence-corrected chi connectivity index (χ3v) is 3.41. The number of thiazole rings is 1. The molecule has 5 heteroatoms. The van der Waals surface area contributed by atoms with Gasteiger partial charge in [0.1, 0.15) is 5.01 Å². The van der Waals surface area contributed by atoms with Crippen LogP contribution in [0, 0.1) is 0 Å². The molecule has 0 aliphatic heterocycles. The Labute approximate surface area is 108 Å². The molecular weight excluding hydrogens is 234 g/mol. The number of rotatable bonds is 7. The van der Waals surface area contributed by atoms with E-state index in [0.717, 1.165) is 30.4 Å². The summed E-state index contributed by atoms with van der Waals surface area (Å²) in [5.74, 6) is 0. The number of aromatic nitrogens is 1. The highest BCUT2D eigenvalue weighted by Gasteiger charge is 2.08. The Morgan fingerprint density at radius 3 is 2.71 bits per heavy atom. The maximum Gasteiger partial charge on any atom is 0.109 e. The molecular formula is C12H23N3OS. The van der Waals surface area contributed by atoms with Gasteiger partial charge in [-0.3, -0.25) is 4.90 Å². The van der Waals surface area contributed by atoms with Crippen molar-refractivity contribution < 1.29 is 4.74 Å². The van der Waals surface area contributed by atoms with Crippen LogP contribution in [0.15, 0.2) is 5.38 Å². The summed E-state index contributed by atoms with van der Waals surface area (Å²) in [6, 6.07) is 0.0309. The van der Waals surface area contributed by atoms with Gasteiger partial charge in [-0.2, -0.15) is 0 Å². The van der Waals surface area contributed by atoms with E-state index in [9.17, 15) is 0 Å². The second-order valence-electron chi connectivity index (χ2n) is 4.62. The molecule has 1 rings (SSSR count). The zero-order valence-electron chi connectivity index (χ0n) is 11.1. The van der Waals surface area contributed by atoms with Crippen LogP contribution in [-0.2, 0) is 11.3 Å². The van der Waals surface area contributed by atoms with Crippen LogP contribution >= 0.6 is 11.3 Å². The third kappa shape index (κ3) is 5.59. The van der Waals surface area contributed by atoms with E-state index in [-0.39, 0.29) is 6.04 Å². The zero-order valence-corrected chi connectivity index (χ0v) is 12.0. The number of hydrogen-bond acceptors (Lipinski definition) is 5. The third-order valence-electron chi connectivity index (χ3n) is 2.32. The smallest absolute Gasteiger partial charge is 0.109 e. The summed E-state index contributed by atoms with van der Waals surface area (Å²) in [6.07, 6.45) is 0.298. The average molecular weight is 257 g/mol. The second-order valence-corrected chi connectivity index (χ2v) is 5.51. The van der Waals surface area contributed by atoms with Gasteiger partial charge in [0.15, 0.2) is 0 Å². The predicted molar refractivity (Wildman–Crippen MR) is 72.1 cm³/mol. The first-order chi connectivity index (χ1) is 7.99. The molecule has 0 fully saturated rings. The molecule has 0 amide bonds. The minimum atomic E-state index is 0.0309. The first kappa shape index (κ1) is 14.6. The van der Waals surface area contributed by atoms with Crippen LogP contribution < -0.4 is 5.73 Å². The Balaban J connectivity index is 2.32. The van der Waals surface area contributed by atoms with Gasteiger partial charge in [0.25, 0.3) is 0 Å². The van der Waals surface area contributed by atoms with Crippen LogP contribution in [0.25, 0.3) is 0 Å². The van der Waals surface area contributed by atoms with Gasteiger partial charge >= 0.3 is 0 Å². The molecule has 0 bridgehead atoms. The van der Waals surface area contributed by atoms with Crippen LogP contribution in [0.5, 0.6) is 0 Å². The number of hydrogen-bond donors (Lipinski definition) is 1. The van der Waals surface area contributed by atoms with E-state index in [1.807, 2.05) is 6.92 Å². The molecule has 0 aromatic carbocycles. The van der Waals surface area contributed by atoms with Crippen molar-refractivity contribution in [2.75, 3.05) is 20.2 Å². The van der Waals surface area contributed by atoms with E-state index in [1.54, 1.807) is 11.3 Å². The maximum atomic E-state index is 5.79. The lowest BCUT2D eigenvalue weighted by Gasteiger charge is -2.16. The summed E-state index contributed by atoms with van der Waals surface area (Å²) >= 11 is 1.63. The van der Waals surface area contributed by atoms with Crippen LogP contribution in [0.3, 0.4) is 0 Å². The van der Waals surface area contributed by atoms with Gasteiger partial charge in [0.2, 0.25) is 0 Å². The second kappa shape index (κ2) is 7.06. The van der Waals surface area contributed by atoms with Crippen LogP contribution in [0.2, 0.25) is 0 Å². The lowest BCUT2D eigenvalue weighted by molar-refractivity contribution is 0.0625. The van der Waals surface area contributed by atoms with E-state index in [1.165, 1.54) is 0 Å². The fraction of sp³-hybridized carbons (Fsp3) is 0.750. The molecule has 98 valence electrons. The average Bonchev–Trinajstić information content (AvgIpc) is 2.65. The highest BCUT2D eigenvalue weighted by Crippen LogP contribution is 2.16. The van der Waals surface area contributed by atoms with E-state index in [2.05, 4.69) is 36.2 Å². The Morgan fingerprint density at radius 2 is 2.18 bits per heavy atom. The molecule has 4 nitrogen and oxygen atoms in total. The van der Waals surface area contributed by atoms with Gasteiger partial charge in [-0.15, -0.1) is 11.3 Å². The highest BCUT2D eigenvalue weighted by molar-refractivity contribution is 7.09. The quantitative estimate of drug-likeness (QED) is 0.812. The van der Waals surface area contributed by atoms with Crippen molar-refractivity contribution in [3.8, 4) is 0 Å². The molecule has 0 radical (unpaired) electrons. The Bertz CT molecular complexity index is 325. The van der Waals surface area contributed by atoms with E-state index < -0.39 is 0 Å². The predicted octanol–water partition coefficient (Wildman–Crippen LogP) is 2.02. The molecule has 1 heterocycles. The van der Waals surface area contributed by atoms with Gasteiger partial charge in [0.05, 0.1) is 24.4 Å². The van der Waals surface area contributed by atoms with Gasteiger partial charge < -0.3 is 10.5 Å². The molecule has 1 atom stereocenters. The molecule has 0 spiro atoms. The summed E-state index contributed by atoms with van der Waals surface area (Å²) in [7, 11) is 2.08. The van der Waals surface area contributed by atoms with E-state index >= 15 is 0 Å². The fourth-order valence-corrected chi connectivity index (χ4v) is 2.17. The molecule has 17 heavy (non-hydrogen) atoms. The highest BCUT2D eigenvalue weighted by atomic mass is 32.1. The van der Waals surface area contributed by atoms with Gasteiger partial charge in [-0.05, 0) is 27.8 Å². The molecule has 0 aliphatic rings. The van der Waals surface area contributed by atoms with Crippen molar-refractivity contribution in [2.24, 2.45) is 5.73 Å². The van der Waals surface area contributed by atoms with Crippen molar-refractivity contribution >= 4 is 11.3 Å². The number of likely N-dealkylation sites (N-methyl/N-ethyl adjacent to an activating group) is 1. The molecule has 0 aliphatic carbocycles. The fourth-order valence-electron chi connectivity index (χ4n) is 1.40. The number of nitrogens with zero attached hydrogens (tertiary/aromatic N) is 2. The zero-order chi connectivity index (χ0) is 12.8. The van der Waals surface area contributed by atoms with Crippen molar-refractivity contribution in [2.45, 2.75) is 39.5 Å². The minimum absolute atomic E-state index is 0.0309. The Hall–Kier alpha value is -0.490. The Kier molecular flexibility index (Phi) is 6.05. The van der Waals surface area contributed by atoms with Gasteiger partial charge in [-0.25, -0.2) is 4.98 Å². The van der Waals surface area contributed by atoms with Gasteiger partial charge in [0, 0.05) is 18.5 Å². The van der Waals surface area contributed by atoms with Crippen LogP contribution in [0.1, 0.15) is 37.5 Å². The number of ether oxygens (including phenoxy) is 1. The van der Waals surface area contributed by atoms with Crippen molar-refractivity contribution in [3.05, 3.63) is 16.1 Å². The first-order valence-electron chi connectivity index (χ1n) is 5.99. The maximum absolute atomic E-state index is 5.79. The van der Waals surface area contributed by atoms with E-state index in [0.29, 0.717) is 6.10 Å². The topological polar surface area (TPSA) is 51.4 Å². The summed E-state index contributed by atoms with van der Waals surface area (Å²) in [6.45, 7) is 8.60. The van der Waals surface area contributed by atoms with Gasteiger partial charge in [-0.1, -0.05) is 0 Å². The minimum Gasteiger partial charge on any atom is -0.377 e. The summed E-state index contributed by atoms with van der Waals surface area (Å²) in [5.41, 5.74) is 6.88. The normalized spacial score (nSPS) is 13.6. The van der Waals surface area contributed by atoms with E-state index in [4.69, 9.17) is 10.5 Å². The summed E-state index contributed by atoms with van der Waals surface area (Å²) < 4.78 is 5.51. The molecule has 0 saturated heterocycles. The van der Waals surface area contributed by atoms with Crippen molar-refractivity contribution in [1.29, 1.82) is 0 Å². The monoisotopic (exact) mass is 257 g/mol. The van der Waals surface area contributed by atoms with Crippen LogP contribution in [0.4, 0.5) is 0 Å². The summed E-state index contributed by atoms with van der Waals surface area (Å²) in [4.78, 5) is 6.71. The van der Waals surface area contributed by atoms with Crippen LogP contribution in [-0.4, -0.2) is 36.2 Å². The molecule has 0 saturated carbocycles. The molecule has 2 N–H and O–H groups in total.